The molecule has 0 saturated carbocycles. The zero-order chi connectivity index (χ0) is 21.7. The lowest BCUT2D eigenvalue weighted by molar-refractivity contribution is 0.0431. The fourth-order valence-corrected chi connectivity index (χ4v) is 3.59. The van der Waals surface area contributed by atoms with Gasteiger partial charge in [0.25, 0.3) is 11.8 Å². The van der Waals surface area contributed by atoms with Gasteiger partial charge in [0.05, 0.1) is 6.04 Å². The normalized spacial score (nSPS) is 17.0. The number of nitrogens with one attached hydrogen (secondary N) is 1. The second-order valence-electron chi connectivity index (χ2n) is 8.19. The standard InChI is InChI=1S/C19H30N6O4/c1-11(2)7-13-9-15(22-23-16(13)17(26)21-20)18(27)24-5-6-25(19(28)29)14(10-24)8-12(3)4/h9,11-12,14H,5-8,10,20H2,1-4H3,(H,21,26)(H,28,29). The molecule has 0 spiro atoms. The van der Waals surface area contributed by atoms with Crippen molar-refractivity contribution in [1.29, 1.82) is 0 Å². The van der Waals surface area contributed by atoms with Crippen LogP contribution in [0.5, 0.6) is 0 Å². The van der Waals surface area contributed by atoms with Crippen molar-refractivity contribution in [2.24, 2.45) is 17.7 Å². The van der Waals surface area contributed by atoms with E-state index in [9.17, 15) is 19.5 Å². The molecule has 1 aliphatic heterocycles. The summed E-state index contributed by atoms with van der Waals surface area (Å²) in [6, 6.07) is 1.32. The third kappa shape index (κ3) is 5.63. The Morgan fingerprint density at radius 3 is 2.45 bits per heavy atom. The molecule has 2 heterocycles. The van der Waals surface area contributed by atoms with Gasteiger partial charge in [-0.3, -0.25) is 15.0 Å². The predicted octanol–water partition coefficient (Wildman–Crippen LogP) is 1.13. The van der Waals surface area contributed by atoms with Crippen molar-refractivity contribution in [3.8, 4) is 0 Å². The summed E-state index contributed by atoms with van der Waals surface area (Å²) >= 11 is 0. The Morgan fingerprint density at radius 1 is 1.21 bits per heavy atom. The van der Waals surface area contributed by atoms with E-state index < -0.39 is 12.0 Å². The Bertz CT molecular complexity index is 767. The fourth-order valence-electron chi connectivity index (χ4n) is 3.59. The smallest absolute Gasteiger partial charge is 0.407 e. The van der Waals surface area contributed by atoms with Crippen LogP contribution in [0.2, 0.25) is 0 Å². The van der Waals surface area contributed by atoms with Crippen LogP contribution in [-0.4, -0.2) is 68.7 Å². The SMILES string of the molecule is CC(C)Cc1cc(C(=O)N2CCN(C(=O)O)C(CC(C)C)C2)nnc1C(=O)NN. The van der Waals surface area contributed by atoms with Crippen molar-refractivity contribution in [1.82, 2.24) is 25.4 Å². The highest BCUT2D eigenvalue weighted by Crippen LogP contribution is 2.20. The molecule has 1 aromatic heterocycles. The summed E-state index contributed by atoms with van der Waals surface area (Å²) in [5.41, 5.74) is 2.89. The molecule has 10 nitrogen and oxygen atoms in total. The van der Waals surface area contributed by atoms with Crippen LogP contribution in [0.15, 0.2) is 6.07 Å². The molecule has 0 aromatic carbocycles. The van der Waals surface area contributed by atoms with Crippen LogP contribution in [0.3, 0.4) is 0 Å². The number of nitrogens with two attached hydrogens (primary N) is 1. The van der Waals surface area contributed by atoms with E-state index in [4.69, 9.17) is 5.84 Å². The maximum Gasteiger partial charge on any atom is 0.407 e. The van der Waals surface area contributed by atoms with E-state index in [0.29, 0.717) is 30.9 Å². The number of hydrogen-bond donors (Lipinski definition) is 3. The summed E-state index contributed by atoms with van der Waals surface area (Å²) < 4.78 is 0. The predicted molar refractivity (Wildman–Crippen MR) is 106 cm³/mol. The first kappa shape index (κ1) is 22.5. The number of carbonyl (C=O) groups excluding carboxylic acids is 2. The minimum atomic E-state index is -0.973. The van der Waals surface area contributed by atoms with Gasteiger partial charge < -0.3 is 14.9 Å². The Labute approximate surface area is 170 Å². The molecule has 160 valence electrons. The van der Waals surface area contributed by atoms with Gasteiger partial charge in [-0.15, -0.1) is 10.2 Å². The topological polar surface area (TPSA) is 142 Å². The van der Waals surface area contributed by atoms with Crippen LogP contribution in [0.25, 0.3) is 0 Å². The first-order valence-corrected chi connectivity index (χ1v) is 9.80. The number of amides is 3. The van der Waals surface area contributed by atoms with Gasteiger partial charge in [0.2, 0.25) is 0 Å². The summed E-state index contributed by atoms with van der Waals surface area (Å²) in [4.78, 5) is 39.5. The van der Waals surface area contributed by atoms with E-state index in [1.807, 2.05) is 33.1 Å². The summed E-state index contributed by atoms with van der Waals surface area (Å²) in [6.07, 6.45) is 0.232. The summed E-state index contributed by atoms with van der Waals surface area (Å²) in [7, 11) is 0. The highest BCUT2D eigenvalue weighted by atomic mass is 16.4. The fraction of sp³-hybridized carbons (Fsp3) is 0.632. The monoisotopic (exact) mass is 406 g/mol. The van der Waals surface area contributed by atoms with Gasteiger partial charge in [-0.25, -0.2) is 10.6 Å². The number of carboxylic acid groups (broad SMARTS) is 1. The van der Waals surface area contributed by atoms with Gasteiger partial charge in [0.15, 0.2) is 11.4 Å². The number of rotatable bonds is 6. The van der Waals surface area contributed by atoms with E-state index in [-0.39, 0.29) is 42.3 Å². The zero-order valence-electron chi connectivity index (χ0n) is 17.4. The van der Waals surface area contributed by atoms with E-state index >= 15 is 0 Å². The molecule has 4 N–H and O–H groups in total. The first-order chi connectivity index (χ1) is 13.6. The summed E-state index contributed by atoms with van der Waals surface area (Å²) in [6.45, 7) is 8.86. The Kier molecular flexibility index (Phi) is 7.49. The lowest BCUT2D eigenvalue weighted by Gasteiger charge is -2.40. The number of hydrazine groups is 1. The molecule has 2 rings (SSSR count). The maximum atomic E-state index is 13.0. The number of hydrogen-bond acceptors (Lipinski definition) is 6. The van der Waals surface area contributed by atoms with Crippen LogP contribution in [-0.2, 0) is 6.42 Å². The quantitative estimate of drug-likeness (QED) is 0.365. The maximum absolute atomic E-state index is 13.0. The van der Waals surface area contributed by atoms with Crippen LogP contribution in [0.4, 0.5) is 4.79 Å². The summed E-state index contributed by atoms with van der Waals surface area (Å²) in [5, 5.41) is 17.3. The van der Waals surface area contributed by atoms with E-state index in [2.05, 4.69) is 10.2 Å². The minimum absolute atomic E-state index is 0.103. The number of piperazine rings is 1. The highest BCUT2D eigenvalue weighted by molar-refractivity contribution is 5.96. The molecule has 1 aliphatic rings. The molecule has 29 heavy (non-hydrogen) atoms. The number of nitrogen functional groups attached to an aromatic ring is 1. The molecule has 0 aliphatic carbocycles. The molecule has 1 fully saturated rings. The van der Waals surface area contributed by atoms with E-state index in [1.165, 1.54) is 4.90 Å². The van der Waals surface area contributed by atoms with Crippen LogP contribution >= 0.6 is 0 Å². The van der Waals surface area contributed by atoms with Gasteiger partial charge in [-0.1, -0.05) is 27.7 Å². The molecular formula is C19H30N6O4. The second-order valence-corrected chi connectivity index (χ2v) is 8.19. The molecule has 1 unspecified atom stereocenters. The molecule has 0 radical (unpaired) electrons. The largest absolute Gasteiger partial charge is 0.465 e. The Hall–Kier alpha value is -2.75. The van der Waals surface area contributed by atoms with Crippen molar-refractivity contribution in [3.63, 3.8) is 0 Å². The average Bonchev–Trinajstić information content (AvgIpc) is 2.65. The summed E-state index contributed by atoms with van der Waals surface area (Å²) in [5.74, 6) is 4.87. The number of nitrogens with zero attached hydrogens (tertiary/aromatic N) is 4. The molecule has 1 saturated heterocycles. The highest BCUT2D eigenvalue weighted by Gasteiger charge is 2.34. The number of carbonyl (C=O) groups is 3. The molecular weight excluding hydrogens is 376 g/mol. The van der Waals surface area contributed by atoms with E-state index in [0.717, 1.165) is 0 Å². The molecule has 0 bridgehead atoms. The Morgan fingerprint density at radius 2 is 1.90 bits per heavy atom. The van der Waals surface area contributed by atoms with Crippen LogP contribution in [0, 0.1) is 11.8 Å². The zero-order valence-corrected chi connectivity index (χ0v) is 17.4. The van der Waals surface area contributed by atoms with Crippen molar-refractivity contribution >= 4 is 17.9 Å². The van der Waals surface area contributed by atoms with Gasteiger partial charge in [0, 0.05) is 19.6 Å². The van der Waals surface area contributed by atoms with Crippen molar-refractivity contribution in [2.75, 3.05) is 19.6 Å². The molecule has 10 heteroatoms. The van der Waals surface area contributed by atoms with Gasteiger partial charge >= 0.3 is 6.09 Å². The van der Waals surface area contributed by atoms with Gasteiger partial charge in [0.1, 0.15) is 0 Å². The van der Waals surface area contributed by atoms with Crippen molar-refractivity contribution in [2.45, 2.75) is 46.6 Å². The molecule has 3 amide bonds. The average molecular weight is 406 g/mol. The molecule has 1 atom stereocenters. The van der Waals surface area contributed by atoms with E-state index in [1.54, 1.807) is 11.0 Å². The third-order valence-electron chi connectivity index (χ3n) is 4.83. The van der Waals surface area contributed by atoms with Gasteiger partial charge in [-0.05, 0) is 36.3 Å². The van der Waals surface area contributed by atoms with Crippen molar-refractivity contribution < 1.29 is 19.5 Å². The number of aromatic nitrogens is 2. The van der Waals surface area contributed by atoms with Crippen LogP contribution in [0.1, 0.15) is 60.7 Å². The Balaban J connectivity index is 2.26. The second kappa shape index (κ2) is 9.64. The lowest BCUT2D eigenvalue weighted by Crippen LogP contribution is -2.56. The first-order valence-electron chi connectivity index (χ1n) is 9.80. The minimum Gasteiger partial charge on any atom is -0.465 e. The third-order valence-corrected chi connectivity index (χ3v) is 4.83. The lowest BCUT2D eigenvalue weighted by atomic mass is 9.99. The van der Waals surface area contributed by atoms with Gasteiger partial charge in [-0.2, -0.15) is 0 Å². The van der Waals surface area contributed by atoms with Crippen LogP contribution < -0.4 is 11.3 Å². The molecule has 1 aromatic rings. The van der Waals surface area contributed by atoms with Crippen molar-refractivity contribution in [3.05, 3.63) is 23.0 Å².